The number of carboxylic acid groups (broad SMARTS) is 2. The number of carboxylic acids is 2. The third-order valence-electron chi connectivity index (χ3n) is 2.90. The van der Waals surface area contributed by atoms with Crippen LogP contribution < -0.4 is 0 Å². The van der Waals surface area contributed by atoms with Crippen LogP contribution in [-0.2, 0) is 9.59 Å². The van der Waals surface area contributed by atoms with E-state index in [0.717, 1.165) is 0 Å². The molecule has 0 amide bonds. The molecular weight excluding hydrogens is 312 g/mol. The largest absolute Gasteiger partial charge is 0.479 e. The standard InChI is InChI=1S/C10H18O12/c11-1(3(13)5(15)7(17)9(19)20)2(12)4(14)6(16)8(18)10(21)22/h1-8,11-18H,(H,19,20)(H,21,22)/t1-,2+,3-,4-,5+,6+,7-,8+/m1/s1. The zero-order valence-corrected chi connectivity index (χ0v) is 10.9. The average Bonchev–Trinajstić information content (AvgIpc) is 2.48. The molecule has 0 rings (SSSR count). The van der Waals surface area contributed by atoms with Crippen LogP contribution in [0.3, 0.4) is 0 Å². The topological polar surface area (TPSA) is 236 Å². The average molecular weight is 330 g/mol. The molecule has 0 aromatic carbocycles. The van der Waals surface area contributed by atoms with Crippen molar-refractivity contribution in [2.24, 2.45) is 0 Å². The van der Waals surface area contributed by atoms with Gasteiger partial charge in [-0.1, -0.05) is 0 Å². The van der Waals surface area contributed by atoms with Crippen molar-refractivity contribution < 1.29 is 60.7 Å². The molecule has 0 saturated heterocycles. The molecule has 0 unspecified atom stereocenters. The molecule has 8 atom stereocenters. The number of aliphatic carboxylic acids is 2. The molecule has 0 aromatic rings. The summed E-state index contributed by atoms with van der Waals surface area (Å²) in [6.45, 7) is 0. The van der Waals surface area contributed by atoms with Gasteiger partial charge < -0.3 is 51.1 Å². The smallest absolute Gasteiger partial charge is 0.335 e. The number of hydrogen-bond acceptors (Lipinski definition) is 10. The van der Waals surface area contributed by atoms with Crippen LogP contribution in [0.25, 0.3) is 0 Å². The van der Waals surface area contributed by atoms with E-state index in [9.17, 15) is 40.2 Å². The van der Waals surface area contributed by atoms with Crippen LogP contribution in [0.15, 0.2) is 0 Å². The van der Waals surface area contributed by atoms with Gasteiger partial charge in [0.05, 0.1) is 0 Å². The van der Waals surface area contributed by atoms with Crippen LogP contribution in [0.4, 0.5) is 0 Å². The van der Waals surface area contributed by atoms with E-state index in [-0.39, 0.29) is 0 Å². The highest BCUT2D eigenvalue weighted by Crippen LogP contribution is 2.14. The van der Waals surface area contributed by atoms with E-state index in [4.69, 9.17) is 20.4 Å². The summed E-state index contributed by atoms with van der Waals surface area (Å²) >= 11 is 0. The van der Waals surface area contributed by atoms with Crippen molar-refractivity contribution in [1.82, 2.24) is 0 Å². The summed E-state index contributed by atoms with van der Waals surface area (Å²) in [5.41, 5.74) is 0. The Kier molecular flexibility index (Phi) is 7.78. The summed E-state index contributed by atoms with van der Waals surface area (Å²) < 4.78 is 0. The van der Waals surface area contributed by atoms with Crippen molar-refractivity contribution in [2.45, 2.75) is 48.8 Å². The minimum absolute atomic E-state index is 1.95. The Hall–Kier alpha value is -1.38. The first-order valence-corrected chi connectivity index (χ1v) is 5.83. The summed E-state index contributed by atoms with van der Waals surface area (Å²) in [7, 11) is 0. The van der Waals surface area contributed by atoms with Crippen molar-refractivity contribution >= 4 is 11.9 Å². The van der Waals surface area contributed by atoms with E-state index in [1.165, 1.54) is 0 Å². The zero-order chi connectivity index (χ0) is 17.8. The summed E-state index contributed by atoms with van der Waals surface area (Å²) in [6.07, 6.45) is -19.9. The molecule has 0 radical (unpaired) electrons. The lowest BCUT2D eigenvalue weighted by Crippen LogP contribution is -2.57. The lowest BCUT2D eigenvalue weighted by molar-refractivity contribution is -0.189. The molecule has 130 valence electrons. The number of rotatable bonds is 9. The van der Waals surface area contributed by atoms with Crippen molar-refractivity contribution in [3.05, 3.63) is 0 Å². The van der Waals surface area contributed by atoms with Gasteiger partial charge in [-0.2, -0.15) is 0 Å². The molecule has 0 fully saturated rings. The number of aliphatic hydroxyl groups excluding tert-OH is 8. The van der Waals surface area contributed by atoms with E-state index in [2.05, 4.69) is 0 Å². The number of aliphatic hydroxyl groups is 8. The van der Waals surface area contributed by atoms with E-state index in [0.29, 0.717) is 0 Å². The third kappa shape index (κ3) is 4.82. The minimum Gasteiger partial charge on any atom is -0.479 e. The normalized spacial score (nSPS) is 22.7. The maximum Gasteiger partial charge on any atom is 0.335 e. The monoisotopic (exact) mass is 330 g/mol. The molecule has 0 aliphatic heterocycles. The summed E-state index contributed by atoms with van der Waals surface area (Å²) in [6, 6.07) is 0. The van der Waals surface area contributed by atoms with E-state index < -0.39 is 60.8 Å². The van der Waals surface area contributed by atoms with Gasteiger partial charge >= 0.3 is 11.9 Å². The van der Waals surface area contributed by atoms with Crippen LogP contribution in [0.1, 0.15) is 0 Å². The van der Waals surface area contributed by atoms with E-state index in [1.54, 1.807) is 0 Å². The van der Waals surface area contributed by atoms with Crippen LogP contribution >= 0.6 is 0 Å². The SMILES string of the molecule is O=C(O)[C@@H](O)[C@@H](O)[C@H](O)[C@@H](O)[C@@H](O)[C@@H](O)[C@H](O)[C@@H](O)C(=O)O. The second kappa shape index (κ2) is 8.30. The Bertz CT molecular complexity index is 350. The molecule has 12 heteroatoms. The fourth-order valence-corrected chi connectivity index (χ4v) is 1.47. The fraction of sp³-hybridized carbons (Fsp3) is 0.800. The van der Waals surface area contributed by atoms with E-state index in [1.807, 2.05) is 0 Å². The first-order chi connectivity index (χ1) is 9.93. The molecule has 0 aromatic heterocycles. The summed E-state index contributed by atoms with van der Waals surface area (Å²) in [4.78, 5) is 20.8. The second-order valence-corrected chi connectivity index (χ2v) is 4.51. The summed E-state index contributed by atoms with van der Waals surface area (Å²) in [5, 5.41) is 91.0. The lowest BCUT2D eigenvalue weighted by atomic mass is 9.93. The van der Waals surface area contributed by atoms with E-state index >= 15 is 0 Å². The van der Waals surface area contributed by atoms with Gasteiger partial charge in [0.1, 0.15) is 36.6 Å². The quantitative estimate of drug-likeness (QED) is 0.190. The highest BCUT2D eigenvalue weighted by atomic mass is 16.4. The first kappa shape index (κ1) is 20.6. The Morgan fingerprint density at radius 3 is 0.818 bits per heavy atom. The van der Waals surface area contributed by atoms with Crippen molar-refractivity contribution in [3.8, 4) is 0 Å². The third-order valence-corrected chi connectivity index (χ3v) is 2.90. The van der Waals surface area contributed by atoms with Gasteiger partial charge in [-0.3, -0.25) is 0 Å². The lowest BCUT2D eigenvalue weighted by Gasteiger charge is -2.32. The first-order valence-electron chi connectivity index (χ1n) is 5.83. The molecule has 0 bridgehead atoms. The van der Waals surface area contributed by atoms with Gasteiger partial charge in [0, 0.05) is 0 Å². The Morgan fingerprint density at radius 2 is 0.636 bits per heavy atom. The number of hydrogen-bond donors (Lipinski definition) is 10. The zero-order valence-electron chi connectivity index (χ0n) is 10.9. The highest BCUT2D eigenvalue weighted by molar-refractivity contribution is 5.73. The van der Waals surface area contributed by atoms with Crippen LogP contribution in [0.2, 0.25) is 0 Å². The molecule has 12 nitrogen and oxygen atoms in total. The van der Waals surface area contributed by atoms with Gasteiger partial charge in [0.2, 0.25) is 0 Å². The molecular formula is C10H18O12. The molecule has 10 N–H and O–H groups in total. The molecule has 0 spiro atoms. The van der Waals surface area contributed by atoms with Crippen LogP contribution in [0, 0.1) is 0 Å². The highest BCUT2D eigenvalue weighted by Gasteiger charge is 2.43. The maximum absolute atomic E-state index is 10.4. The van der Waals surface area contributed by atoms with Crippen molar-refractivity contribution in [1.29, 1.82) is 0 Å². The van der Waals surface area contributed by atoms with Gasteiger partial charge in [-0.15, -0.1) is 0 Å². The van der Waals surface area contributed by atoms with Crippen LogP contribution in [0.5, 0.6) is 0 Å². The van der Waals surface area contributed by atoms with Gasteiger partial charge in [-0.05, 0) is 0 Å². The molecule has 0 aliphatic carbocycles. The Labute approximate surface area is 122 Å². The fourth-order valence-electron chi connectivity index (χ4n) is 1.47. The van der Waals surface area contributed by atoms with Gasteiger partial charge in [0.15, 0.2) is 12.2 Å². The molecule has 22 heavy (non-hydrogen) atoms. The Morgan fingerprint density at radius 1 is 0.455 bits per heavy atom. The number of carbonyl (C=O) groups is 2. The van der Waals surface area contributed by atoms with Gasteiger partial charge in [0.25, 0.3) is 0 Å². The second-order valence-electron chi connectivity index (χ2n) is 4.51. The minimum atomic E-state index is -2.52. The van der Waals surface area contributed by atoms with Gasteiger partial charge in [-0.25, -0.2) is 9.59 Å². The summed E-state index contributed by atoms with van der Waals surface area (Å²) in [5.74, 6) is -3.90. The predicted molar refractivity (Wildman–Crippen MR) is 63.3 cm³/mol. The van der Waals surface area contributed by atoms with Crippen molar-refractivity contribution in [3.63, 3.8) is 0 Å². The molecule has 0 saturated carbocycles. The molecule has 0 aliphatic rings. The molecule has 0 heterocycles. The van der Waals surface area contributed by atoms with Crippen LogP contribution in [-0.4, -0.2) is 112 Å². The predicted octanol–water partition coefficient (Wildman–Crippen LogP) is -5.96. The Balaban J connectivity index is 4.93. The maximum atomic E-state index is 10.4. The van der Waals surface area contributed by atoms with Crippen molar-refractivity contribution in [2.75, 3.05) is 0 Å².